The summed E-state index contributed by atoms with van der Waals surface area (Å²) in [7, 11) is 0. The second-order valence-corrected chi connectivity index (χ2v) is 6.40. The van der Waals surface area contributed by atoms with Crippen LogP contribution in [0.2, 0.25) is 0 Å². The number of nitrogens with two attached hydrogens (primary N) is 1. The topological polar surface area (TPSA) is 50.4 Å². The number of amidine groups is 1. The Hall–Kier alpha value is -2.15. The van der Waals surface area contributed by atoms with Crippen molar-refractivity contribution in [3.63, 3.8) is 0 Å². The zero-order valence-corrected chi connectivity index (χ0v) is 13.7. The predicted octanol–water partition coefficient (Wildman–Crippen LogP) is 4.40. The SMILES string of the molecule is CSc1ccc(C2CC(N)=NN2)c(-c2ccc(C(F)(F)F)cc2)c1. The fourth-order valence-corrected chi connectivity index (χ4v) is 3.14. The van der Waals surface area contributed by atoms with Crippen molar-refractivity contribution in [3.8, 4) is 11.1 Å². The number of alkyl halides is 3. The van der Waals surface area contributed by atoms with Crippen molar-refractivity contribution in [1.82, 2.24) is 5.43 Å². The second kappa shape index (κ2) is 6.39. The zero-order valence-electron chi connectivity index (χ0n) is 12.9. The van der Waals surface area contributed by atoms with Crippen LogP contribution in [0.5, 0.6) is 0 Å². The highest BCUT2D eigenvalue weighted by molar-refractivity contribution is 7.98. The standard InChI is InChI=1S/C17H16F3N3S/c1-24-12-6-7-13(15-9-16(21)23-22-15)14(8-12)10-2-4-11(5-3-10)17(18,19)20/h2-8,15,22H,9H2,1H3,(H2,21,23). The number of hydrogen-bond acceptors (Lipinski definition) is 4. The van der Waals surface area contributed by atoms with E-state index in [4.69, 9.17) is 5.73 Å². The normalized spacial score (nSPS) is 17.5. The average molecular weight is 351 g/mol. The van der Waals surface area contributed by atoms with Crippen LogP contribution < -0.4 is 11.2 Å². The van der Waals surface area contributed by atoms with Crippen LogP contribution in [0.3, 0.4) is 0 Å². The molecular weight excluding hydrogens is 335 g/mol. The second-order valence-electron chi connectivity index (χ2n) is 5.52. The van der Waals surface area contributed by atoms with Crippen molar-refractivity contribution in [2.75, 3.05) is 6.26 Å². The van der Waals surface area contributed by atoms with Gasteiger partial charge in [0.05, 0.1) is 11.6 Å². The van der Waals surface area contributed by atoms with Crippen molar-refractivity contribution in [2.24, 2.45) is 10.8 Å². The molecule has 3 rings (SSSR count). The van der Waals surface area contributed by atoms with Gasteiger partial charge in [-0.3, -0.25) is 0 Å². The highest BCUT2D eigenvalue weighted by Gasteiger charge is 2.30. The Morgan fingerprint density at radius 2 is 1.88 bits per heavy atom. The predicted molar refractivity (Wildman–Crippen MR) is 90.8 cm³/mol. The minimum absolute atomic E-state index is 0.0711. The molecule has 2 aromatic carbocycles. The monoisotopic (exact) mass is 351 g/mol. The van der Waals surface area contributed by atoms with Gasteiger partial charge in [-0.2, -0.15) is 18.3 Å². The van der Waals surface area contributed by atoms with Crippen molar-refractivity contribution in [2.45, 2.75) is 23.5 Å². The minimum atomic E-state index is -4.34. The van der Waals surface area contributed by atoms with E-state index in [2.05, 4.69) is 10.5 Å². The Kier molecular flexibility index (Phi) is 4.45. The van der Waals surface area contributed by atoms with E-state index in [1.165, 1.54) is 12.1 Å². The van der Waals surface area contributed by atoms with Gasteiger partial charge in [-0.15, -0.1) is 11.8 Å². The lowest BCUT2D eigenvalue weighted by molar-refractivity contribution is -0.137. The van der Waals surface area contributed by atoms with E-state index in [-0.39, 0.29) is 6.04 Å². The molecule has 1 heterocycles. The fraction of sp³-hybridized carbons (Fsp3) is 0.235. The number of nitrogens with one attached hydrogen (secondary N) is 1. The Balaban J connectivity index is 2.02. The number of thioether (sulfide) groups is 1. The summed E-state index contributed by atoms with van der Waals surface area (Å²) in [5.74, 6) is 0.521. The van der Waals surface area contributed by atoms with Gasteiger partial charge in [0.2, 0.25) is 0 Å². The third-order valence-electron chi connectivity index (χ3n) is 3.94. The molecule has 1 atom stereocenters. The van der Waals surface area contributed by atoms with E-state index < -0.39 is 11.7 Å². The number of halogens is 3. The van der Waals surface area contributed by atoms with Crippen LogP contribution in [-0.4, -0.2) is 12.1 Å². The van der Waals surface area contributed by atoms with Gasteiger partial charge in [-0.05, 0) is 47.2 Å². The summed E-state index contributed by atoms with van der Waals surface area (Å²) >= 11 is 1.58. The van der Waals surface area contributed by atoms with Crippen LogP contribution in [0.25, 0.3) is 11.1 Å². The van der Waals surface area contributed by atoms with Crippen molar-refractivity contribution < 1.29 is 13.2 Å². The average Bonchev–Trinajstić information content (AvgIpc) is 3.00. The van der Waals surface area contributed by atoms with E-state index in [0.717, 1.165) is 33.7 Å². The molecule has 3 nitrogen and oxygen atoms in total. The smallest absolute Gasteiger partial charge is 0.386 e. The maximum absolute atomic E-state index is 12.8. The van der Waals surface area contributed by atoms with Gasteiger partial charge in [0.15, 0.2) is 0 Å². The van der Waals surface area contributed by atoms with E-state index in [9.17, 15) is 13.2 Å². The first-order chi connectivity index (χ1) is 11.4. The van der Waals surface area contributed by atoms with Gasteiger partial charge >= 0.3 is 6.18 Å². The summed E-state index contributed by atoms with van der Waals surface area (Å²) in [5, 5.41) is 4.01. The first-order valence-electron chi connectivity index (χ1n) is 7.31. The largest absolute Gasteiger partial charge is 0.416 e. The number of nitrogens with zero attached hydrogens (tertiary/aromatic N) is 1. The molecular formula is C17H16F3N3S. The molecule has 1 unspecified atom stereocenters. The van der Waals surface area contributed by atoms with Gasteiger partial charge in [0, 0.05) is 11.3 Å². The number of hydrogen-bond donors (Lipinski definition) is 2. The first-order valence-corrected chi connectivity index (χ1v) is 8.54. The van der Waals surface area contributed by atoms with Crippen LogP contribution in [0.1, 0.15) is 23.6 Å². The lowest BCUT2D eigenvalue weighted by Crippen LogP contribution is -2.13. The molecule has 0 fully saturated rings. The van der Waals surface area contributed by atoms with E-state index in [1.54, 1.807) is 11.8 Å². The molecule has 0 amide bonds. The first kappa shape index (κ1) is 16.7. The Bertz CT molecular complexity index is 770. The molecule has 126 valence electrons. The summed E-state index contributed by atoms with van der Waals surface area (Å²) in [6, 6.07) is 11.1. The van der Waals surface area contributed by atoms with Crippen molar-refractivity contribution in [3.05, 3.63) is 53.6 Å². The quantitative estimate of drug-likeness (QED) is 0.806. The molecule has 0 saturated carbocycles. The molecule has 0 bridgehead atoms. The maximum atomic E-state index is 12.8. The van der Waals surface area contributed by atoms with Gasteiger partial charge in [-0.1, -0.05) is 18.2 Å². The molecule has 0 aliphatic carbocycles. The molecule has 2 aromatic rings. The van der Waals surface area contributed by atoms with E-state index >= 15 is 0 Å². The molecule has 24 heavy (non-hydrogen) atoms. The summed E-state index contributed by atoms with van der Waals surface area (Å²) in [6.07, 6.45) is -1.80. The Labute approximate surface area is 142 Å². The highest BCUT2D eigenvalue weighted by Crippen LogP contribution is 2.36. The van der Waals surface area contributed by atoms with Gasteiger partial charge < -0.3 is 11.2 Å². The summed E-state index contributed by atoms with van der Waals surface area (Å²) in [5.41, 5.74) is 10.7. The third-order valence-corrected chi connectivity index (χ3v) is 4.66. The molecule has 1 aliphatic rings. The summed E-state index contributed by atoms with van der Waals surface area (Å²) < 4.78 is 38.3. The van der Waals surface area contributed by atoms with Crippen LogP contribution in [-0.2, 0) is 6.18 Å². The molecule has 3 N–H and O–H groups in total. The molecule has 0 aromatic heterocycles. The van der Waals surface area contributed by atoms with Crippen molar-refractivity contribution >= 4 is 17.6 Å². The Morgan fingerprint density at radius 1 is 1.17 bits per heavy atom. The van der Waals surface area contributed by atoms with E-state index in [0.29, 0.717) is 12.3 Å². The zero-order chi connectivity index (χ0) is 17.3. The van der Waals surface area contributed by atoms with Gasteiger partial charge in [0.1, 0.15) is 5.84 Å². The van der Waals surface area contributed by atoms with Gasteiger partial charge in [-0.25, -0.2) is 0 Å². The molecule has 0 radical (unpaired) electrons. The van der Waals surface area contributed by atoms with Crippen LogP contribution in [0, 0.1) is 0 Å². The van der Waals surface area contributed by atoms with Gasteiger partial charge in [0.25, 0.3) is 0 Å². The molecule has 0 spiro atoms. The molecule has 1 aliphatic heterocycles. The number of hydrazone groups is 1. The minimum Gasteiger partial charge on any atom is -0.386 e. The maximum Gasteiger partial charge on any atom is 0.416 e. The molecule has 0 saturated heterocycles. The highest BCUT2D eigenvalue weighted by atomic mass is 32.2. The molecule has 7 heteroatoms. The summed E-state index contributed by atoms with van der Waals surface area (Å²) in [4.78, 5) is 1.04. The van der Waals surface area contributed by atoms with E-state index in [1.807, 2.05) is 24.5 Å². The van der Waals surface area contributed by atoms with Crippen LogP contribution >= 0.6 is 11.8 Å². The van der Waals surface area contributed by atoms with Crippen LogP contribution in [0.15, 0.2) is 52.5 Å². The number of rotatable bonds is 3. The lowest BCUT2D eigenvalue weighted by Gasteiger charge is -2.17. The van der Waals surface area contributed by atoms with Crippen LogP contribution in [0.4, 0.5) is 13.2 Å². The summed E-state index contributed by atoms with van der Waals surface area (Å²) in [6.45, 7) is 0. The fourth-order valence-electron chi connectivity index (χ4n) is 2.70. The van der Waals surface area contributed by atoms with Crippen molar-refractivity contribution in [1.29, 1.82) is 0 Å². The third kappa shape index (κ3) is 3.36. The number of benzene rings is 2. The lowest BCUT2D eigenvalue weighted by atomic mass is 9.93. The Morgan fingerprint density at radius 3 is 2.42 bits per heavy atom.